The first-order valence-electron chi connectivity index (χ1n) is 8.25. The van der Waals surface area contributed by atoms with Gasteiger partial charge in [0.25, 0.3) is 0 Å². The molecule has 0 saturated heterocycles. The molecule has 2 aromatic rings. The lowest BCUT2D eigenvalue weighted by Gasteiger charge is -2.18. The highest BCUT2D eigenvalue weighted by molar-refractivity contribution is 5.90. The van der Waals surface area contributed by atoms with Gasteiger partial charge in [-0.1, -0.05) is 6.07 Å². The van der Waals surface area contributed by atoms with Gasteiger partial charge in [-0.15, -0.1) is 0 Å². The van der Waals surface area contributed by atoms with Crippen LogP contribution in [0.2, 0.25) is 0 Å². The van der Waals surface area contributed by atoms with Crippen molar-refractivity contribution < 1.29 is 14.3 Å². The van der Waals surface area contributed by atoms with Crippen LogP contribution in [0.4, 0.5) is 10.5 Å². The molecule has 0 aliphatic heterocycles. The van der Waals surface area contributed by atoms with E-state index in [0.717, 1.165) is 17.0 Å². The molecule has 1 aromatic heterocycles. The third-order valence-electron chi connectivity index (χ3n) is 3.76. The van der Waals surface area contributed by atoms with Gasteiger partial charge in [0, 0.05) is 0 Å². The molecular formula is C18H26N4O3. The maximum Gasteiger partial charge on any atom is 0.319 e. The molecule has 7 heteroatoms. The fraction of sp³-hybridized carbons (Fsp3) is 0.444. The lowest BCUT2D eigenvalue weighted by atomic mass is 10.1. The lowest BCUT2D eigenvalue weighted by Crippen LogP contribution is -2.31. The summed E-state index contributed by atoms with van der Waals surface area (Å²) in [4.78, 5) is 12.2. The van der Waals surface area contributed by atoms with E-state index < -0.39 is 0 Å². The van der Waals surface area contributed by atoms with Crippen molar-refractivity contribution in [1.82, 2.24) is 15.5 Å². The van der Waals surface area contributed by atoms with Crippen molar-refractivity contribution in [1.29, 1.82) is 0 Å². The minimum atomic E-state index is -0.290. The Balaban J connectivity index is 2.07. The van der Waals surface area contributed by atoms with Crippen LogP contribution >= 0.6 is 0 Å². The van der Waals surface area contributed by atoms with Gasteiger partial charge >= 0.3 is 6.03 Å². The maximum atomic E-state index is 12.2. The number of aromatic nitrogens is 2. The summed E-state index contributed by atoms with van der Waals surface area (Å²) >= 11 is 0. The third kappa shape index (κ3) is 4.65. The molecule has 1 atom stereocenters. The monoisotopic (exact) mass is 346 g/mol. The van der Waals surface area contributed by atoms with Crippen LogP contribution in [0, 0.1) is 13.8 Å². The first-order valence-corrected chi connectivity index (χ1v) is 8.25. The standard InChI is InChI=1S/C18H26N4O3/c1-10(2)25-15-8-7-14(9-16(15)24-6)11(3)19-18(23)20-17-12(4)21-22-13(17)5/h7-11H,1-6H3,(H,21,22)(H2,19,20,23)/t11-/m0/s1. The fourth-order valence-corrected chi connectivity index (χ4v) is 2.47. The number of hydrogen-bond acceptors (Lipinski definition) is 4. The number of hydrogen-bond donors (Lipinski definition) is 3. The summed E-state index contributed by atoms with van der Waals surface area (Å²) < 4.78 is 11.1. The fourth-order valence-electron chi connectivity index (χ4n) is 2.47. The molecule has 0 bridgehead atoms. The summed E-state index contributed by atoms with van der Waals surface area (Å²) in [5, 5.41) is 12.6. The molecule has 25 heavy (non-hydrogen) atoms. The highest BCUT2D eigenvalue weighted by atomic mass is 16.5. The molecule has 0 aliphatic rings. The van der Waals surface area contributed by atoms with Crippen LogP contribution in [0.25, 0.3) is 0 Å². The van der Waals surface area contributed by atoms with Crippen molar-refractivity contribution in [2.45, 2.75) is 46.8 Å². The summed E-state index contributed by atoms with van der Waals surface area (Å²) in [6, 6.07) is 5.15. The molecule has 0 spiro atoms. The van der Waals surface area contributed by atoms with Gasteiger partial charge in [-0.05, 0) is 52.3 Å². The van der Waals surface area contributed by atoms with E-state index in [2.05, 4.69) is 20.8 Å². The highest BCUT2D eigenvalue weighted by Crippen LogP contribution is 2.31. The minimum Gasteiger partial charge on any atom is -0.493 e. The predicted molar refractivity (Wildman–Crippen MR) is 97.4 cm³/mol. The lowest BCUT2D eigenvalue weighted by molar-refractivity contribution is 0.230. The zero-order valence-electron chi connectivity index (χ0n) is 15.6. The molecule has 136 valence electrons. The summed E-state index contributed by atoms with van der Waals surface area (Å²) in [7, 11) is 1.60. The van der Waals surface area contributed by atoms with E-state index in [1.807, 2.05) is 52.8 Å². The number of H-pyrrole nitrogens is 1. The average molecular weight is 346 g/mol. The number of aryl methyl sites for hydroxylation is 2. The van der Waals surface area contributed by atoms with Crippen molar-refractivity contribution in [3.05, 3.63) is 35.2 Å². The number of carbonyl (C=O) groups excluding carboxylic acids is 1. The van der Waals surface area contributed by atoms with Crippen molar-refractivity contribution in [3.8, 4) is 11.5 Å². The number of benzene rings is 1. The maximum absolute atomic E-state index is 12.2. The topological polar surface area (TPSA) is 88.3 Å². The Morgan fingerprint density at radius 2 is 1.92 bits per heavy atom. The van der Waals surface area contributed by atoms with Crippen LogP contribution in [0.5, 0.6) is 11.5 Å². The number of ether oxygens (including phenoxy) is 2. The molecular weight excluding hydrogens is 320 g/mol. The Morgan fingerprint density at radius 3 is 2.48 bits per heavy atom. The number of nitrogens with zero attached hydrogens (tertiary/aromatic N) is 1. The Bertz CT molecular complexity index is 720. The second kappa shape index (κ2) is 7.92. The number of methoxy groups -OCH3 is 1. The zero-order valence-corrected chi connectivity index (χ0v) is 15.6. The number of carbonyl (C=O) groups is 1. The molecule has 0 radical (unpaired) electrons. The SMILES string of the molecule is COc1cc([C@H](C)NC(=O)Nc2c(C)n[nH]c2C)ccc1OC(C)C. The third-order valence-corrected chi connectivity index (χ3v) is 3.76. The number of aromatic amines is 1. The van der Waals surface area contributed by atoms with Gasteiger partial charge in [0.05, 0.1) is 36.3 Å². The van der Waals surface area contributed by atoms with E-state index >= 15 is 0 Å². The molecule has 2 rings (SSSR count). The van der Waals surface area contributed by atoms with Crippen molar-refractivity contribution in [3.63, 3.8) is 0 Å². The van der Waals surface area contributed by atoms with Gasteiger partial charge < -0.3 is 20.1 Å². The summed E-state index contributed by atoms with van der Waals surface area (Å²) in [5.41, 5.74) is 3.18. The molecule has 7 nitrogen and oxygen atoms in total. The molecule has 0 aliphatic carbocycles. The van der Waals surface area contributed by atoms with Gasteiger partial charge in [-0.2, -0.15) is 5.10 Å². The largest absolute Gasteiger partial charge is 0.493 e. The first-order chi connectivity index (χ1) is 11.8. The minimum absolute atomic E-state index is 0.0579. The van der Waals surface area contributed by atoms with E-state index in [1.54, 1.807) is 7.11 Å². The molecule has 2 amide bonds. The number of urea groups is 1. The summed E-state index contributed by atoms with van der Waals surface area (Å²) in [6.07, 6.45) is 0.0579. The van der Waals surface area contributed by atoms with Gasteiger partial charge in [0.2, 0.25) is 0 Å². The van der Waals surface area contributed by atoms with Crippen LogP contribution < -0.4 is 20.1 Å². The van der Waals surface area contributed by atoms with Crippen LogP contribution in [0.15, 0.2) is 18.2 Å². The Kier molecular flexibility index (Phi) is 5.90. The average Bonchev–Trinajstić information content (AvgIpc) is 2.86. The zero-order chi connectivity index (χ0) is 18.6. The Hall–Kier alpha value is -2.70. The molecule has 1 aromatic carbocycles. The summed E-state index contributed by atoms with van der Waals surface area (Å²) in [6.45, 7) is 9.52. The van der Waals surface area contributed by atoms with Crippen molar-refractivity contribution >= 4 is 11.7 Å². The van der Waals surface area contributed by atoms with E-state index in [9.17, 15) is 4.79 Å². The second-order valence-electron chi connectivity index (χ2n) is 6.21. The van der Waals surface area contributed by atoms with Gasteiger partial charge in [0.1, 0.15) is 0 Å². The normalized spacial score (nSPS) is 12.0. The van der Waals surface area contributed by atoms with Gasteiger partial charge in [-0.3, -0.25) is 5.10 Å². The number of anilines is 1. The van der Waals surface area contributed by atoms with Crippen LogP contribution in [0.3, 0.4) is 0 Å². The van der Waals surface area contributed by atoms with E-state index in [4.69, 9.17) is 9.47 Å². The van der Waals surface area contributed by atoms with Crippen LogP contribution in [-0.2, 0) is 0 Å². The molecule has 3 N–H and O–H groups in total. The summed E-state index contributed by atoms with van der Waals surface area (Å²) in [5.74, 6) is 1.32. The van der Waals surface area contributed by atoms with Crippen LogP contribution in [0.1, 0.15) is 43.8 Å². The molecule has 0 fully saturated rings. The molecule has 1 heterocycles. The Morgan fingerprint density at radius 1 is 1.20 bits per heavy atom. The van der Waals surface area contributed by atoms with Crippen molar-refractivity contribution in [2.75, 3.05) is 12.4 Å². The van der Waals surface area contributed by atoms with Gasteiger partial charge in [0.15, 0.2) is 11.5 Å². The quantitative estimate of drug-likeness (QED) is 0.744. The first kappa shape index (κ1) is 18.6. The number of amides is 2. The molecule has 0 unspecified atom stereocenters. The smallest absolute Gasteiger partial charge is 0.319 e. The number of nitrogens with one attached hydrogen (secondary N) is 3. The van der Waals surface area contributed by atoms with E-state index in [0.29, 0.717) is 17.2 Å². The highest BCUT2D eigenvalue weighted by Gasteiger charge is 2.15. The Labute approximate surface area is 148 Å². The second-order valence-corrected chi connectivity index (χ2v) is 6.21. The molecule has 0 saturated carbocycles. The number of rotatable bonds is 6. The van der Waals surface area contributed by atoms with Crippen LogP contribution in [-0.4, -0.2) is 29.4 Å². The van der Waals surface area contributed by atoms with E-state index in [1.165, 1.54) is 0 Å². The van der Waals surface area contributed by atoms with Crippen molar-refractivity contribution in [2.24, 2.45) is 0 Å². The van der Waals surface area contributed by atoms with Gasteiger partial charge in [-0.25, -0.2) is 4.79 Å². The van der Waals surface area contributed by atoms with E-state index in [-0.39, 0.29) is 18.2 Å². The predicted octanol–water partition coefficient (Wildman–Crippen LogP) is 3.71.